The Morgan fingerprint density at radius 3 is 3.00 bits per heavy atom. The molecule has 1 fully saturated rings. The second kappa shape index (κ2) is 4.43. The standard InChI is InChI=1S/C11H14BrNO/c12-10-3-1-2-9(6-10)7-13-5-4-11(14)8-13/h1-3,6,11,14H,4-5,7-8H2/t11-/m1/s1. The summed E-state index contributed by atoms with van der Waals surface area (Å²) < 4.78 is 1.12. The Morgan fingerprint density at radius 1 is 1.50 bits per heavy atom. The first kappa shape index (κ1) is 10.1. The molecule has 1 aromatic carbocycles. The van der Waals surface area contributed by atoms with Crippen LogP contribution in [0.5, 0.6) is 0 Å². The van der Waals surface area contributed by atoms with Crippen molar-refractivity contribution in [1.29, 1.82) is 0 Å². The highest BCUT2D eigenvalue weighted by atomic mass is 79.9. The monoisotopic (exact) mass is 255 g/mol. The molecule has 1 N–H and O–H groups in total. The molecule has 0 unspecified atom stereocenters. The largest absolute Gasteiger partial charge is 0.392 e. The van der Waals surface area contributed by atoms with Crippen molar-refractivity contribution in [2.45, 2.75) is 19.1 Å². The lowest BCUT2D eigenvalue weighted by molar-refractivity contribution is 0.175. The van der Waals surface area contributed by atoms with E-state index in [1.807, 2.05) is 12.1 Å². The predicted octanol–water partition coefficient (Wildman–Crippen LogP) is 2.02. The van der Waals surface area contributed by atoms with Crippen LogP contribution in [-0.2, 0) is 6.54 Å². The molecule has 0 radical (unpaired) electrons. The van der Waals surface area contributed by atoms with Crippen LogP contribution in [0.1, 0.15) is 12.0 Å². The zero-order chi connectivity index (χ0) is 9.97. The molecule has 1 heterocycles. The summed E-state index contributed by atoms with van der Waals surface area (Å²) in [4.78, 5) is 2.28. The summed E-state index contributed by atoms with van der Waals surface area (Å²) in [6, 6.07) is 8.33. The molecular formula is C11H14BrNO. The Hall–Kier alpha value is -0.380. The van der Waals surface area contributed by atoms with Gasteiger partial charge in [0.15, 0.2) is 0 Å². The number of nitrogens with zero attached hydrogens (tertiary/aromatic N) is 1. The average molecular weight is 256 g/mol. The minimum Gasteiger partial charge on any atom is -0.392 e. The molecule has 0 aromatic heterocycles. The van der Waals surface area contributed by atoms with Crippen LogP contribution in [-0.4, -0.2) is 29.2 Å². The maximum absolute atomic E-state index is 9.38. The summed E-state index contributed by atoms with van der Waals surface area (Å²) in [7, 11) is 0. The number of rotatable bonds is 2. The van der Waals surface area contributed by atoms with Crippen molar-refractivity contribution in [1.82, 2.24) is 4.90 Å². The molecule has 14 heavy (non-hydrogen) atoms. The first-order chi connectivity index (χ1) is 6.74. The van der Waals surface area contributed by atoms with Crippen LogP contribution in [0.15, 0.2) is 28.7 Å². The summed E-state index contributed by atoms with van der Waals surface area (Å²) >= 11 is 3.46. The van der Waals surface area contributed by atoms with E-state index in [2.05, 4.69) is 33.0 Å². The first-order valence-corrected chi connectivity index (χ1v) is 5.68. The number of aliphatic hydroxyl groups excluding tert-OH is 1. The van der Waals surface area contributed by atoms with Gasteiger partial charge in [-0.15, -0.1) is 0 Å². The maximum atomic E-state index is 9.38. The molecule has 0 spiro atoms. The fourth-order valence-corrected chi connectivity index (χ4v) is 2.30. The van der Waals surface area contributed by atoms with Crippen LogP contribution in [0.3, 0.4) is 0 Å². The maximum Gasteiger partial charge on any atom is 0.0679 e. The van der Waals surface area contributed by atoms with Crippen molar-refractivity contribution >= 4 is 15.9 Å². The zero-order valence-electron chi connectivity index (χ0n) is 7.99. The lowest BCUT2D eigenvalue weighted by Gasteiger charge is -2.14. The van der Waals surface area contributed by atoms with Gasteiger partial charge in [0.2, 0.25) is 0 Å². The first-order valence-electron chi connectivity index (χ1n) is 4.89. The van der Waals surface area contributed by atoms with E-state index >= 15 is 0 Å². The van der Waals surface area contributed by atoms with E-state index in [4.69, 9.17) is 0 Å². The summed E-state index contributed by atoms with van der Waals surface area (Å²) in [5.74, 6) is 0. The van der Waals surface area contributed by atoms with Gasteiger partial charge >= 0.3 is 0 Å². The number of hydrogen-bond acceptors (Lipinski definition) is 2. The minimum atomic E-state index is -0.123. The summed E-state index contributed by atoms with van der Waals surface area (Å²) in [6.07, 6.45) is 0.788. The van der Waals surface area contributed by atoms with Gasteiger partial charge in [-0.25, -0.2) is 0 Å². The number of β-amino-alcohol motifs (C(OH)–C–C–N with tert-alkyl or cyclic N) is 1. The van der Waals surface area contributed by atoms with Gasteiger partial charge in [-0.05, 0) is 24.1 Å². The number of likely N-dealkylation sites (tertiary alicyclic amines) is 1. The molecule has 1 saturated heterocycles. The Bertz CT molecular complexity index is 316. The molecule has 1 aliphatic heterocycles. The van der Waals surface area contributed by atoms with Gasteiger partial charge in [-0.3, -0.25) is 4.90 Å². The molecule has 1 aromatic rings. The SMILES string of the molecule is O[C@@H]1CCN(Cc2cccc(Br)c2)C1. The third kappa shape index (κ3) is 2.56. The Balaban J connectivity index is 1.97. The fourth-order valence-electron chi connectivity index (χ4n) is 1.85. The van der Waals surface area contributed by atoms with Crippen molar-refractivity contribution in [2.24, 2.45) is 0 Å². The average Bonchev–Trinajstić information content (AvgIpc) is 2.51. The second-order valence-electron chi connectivity index (χ2n) is 3.81. The molecule has 0 amide bonds. The van der Waals surface area contributed by atoms with Crippen molar-refractivity contribution in [3.05, 3.63) is 34.3 Å². The van der Waals surface area contributed by atoms with Gasteiger partial charge in [0.05, 0.1) is 6.10 Å². The van der Waals surface area contributed by atoms with Crippen molar-refractivity contribution in [3.8, 4) is 0 Å². The molecule has 1 atom stereocenters. The second-order valence-corrected chi connectivity index (χ2v) is 4.72. The molecule has 2 nitrogen and oxygen atoms in total. The lowest BCUT2D eigenvalue weighted by Crippen LogP contribution is -2.21. The van der Waals surface area contributed by atoms with Crippen molar-refractivity contribution in [3.63, 3.8) is 0 Å². The van der Waals surface area contributed by atoms with Crippen LogP contribution in [0.4, 0.5) is 0 Å². The van der Waals surface area contributed by atoms with Crippen LogP contribution >= 0.6 is 15.9 Å². The van der Waals surface area contributed by atoms with E-state index in [9.17, 15) is 5.11 Å². The number of hydrogen-bond donors (Lipinski definition) is 1. The number of halogens is 1. The van der Waals surface area contributed by atoms with Crippen LogP contribution in [0.2, 0.25) is 0 Å². The fraction of sp³-hybridized carbons (Fsp3) is 0.455. The van der Waals surface area contributed by atoms with Gasteiger partial charge in [0, 0.05) is 24.1 Å². The van der Waals surface area contributed by atoms with E-state index in [1.54, 1.807) is 0 Å². The van der Waals surface area contributed by atoms with Gasteiger partial charge in [0.25, 0.3) is 0 Å². The topological polar surface area (TPSA) is 23.5 Å². The van der Waals surface area contributed by atoms with E-state index in [-0.39, 0.29) is 6.10 Å². The Labute approximate surface area is 92.7 Å². The Morgan fingerprint density at radius 2 is 2.36 bits per heavy atom. The summed E-state index contributed by atoms with van der Waals surface area (Å²) in [5, 5.41) is 9.38. The number of benzene rings is 1. The third-order valence-corrected chi connectivity index (χ3v) is 3.04. The normalized spacial score (nSPS) is 22.9. The van der Waals surface area contributed by atoms with Crippen LogP contribution < -0.4 is 0 Å². The van der Waals surface area contributed by atoms with Crippen molar-refractivity contribution in [2.75, 3.05) is 13.1 Å². The lowest BCUT2D eigenvalue weighted by atomic mass is 10.2. The Kier molecular flexibility index (Phi) is 3.21. The molecular weight excluding hydrogens is 242 g/mol. The number of aliphatic hydroxyl groups is 1. The summed E-state index contributed by atoms with van der Waals surface area (Å²) in [6.45, 7) is 2.76. The predicted molar refractivity (Wildman–Crippen MR) is 60.0 cm³/mol. The third-order valence-electron chi connectivity index (χ3n) is 2.54. The van der Waals surface area contributed by atoms with Gasteiger partial charge in [-0.2, -0.15) is 0 Å². The van der Waals surface area contributed by atoms with Crippen molar-refractivity contribution < 1.29 is 5.11 Å². The summed E-state index contributed by atoms with van der Waals surface area (Å²) in [5.41, 5.74) is 1.30. The van der Waals surface area contributed by atoms with E-state index in [0.29, 0.717) is 0 Å². The quantitative estimate of drug-likeness (QED) is 0.875. The van der Waals surface area contributed by atoms with Gasteiger partial charge < -0.3 is 5.11 Å². The highest BCUT2D eigenvalue weighted by Crippen LogP contribution is 2.16. The molecule has 0 bridgehead atoms. The van der Waals surface area contributed by atoms with E-state index in [0.717, 1.165) is 30.5 Å². The van der Waals surface area contributed by atoms with E-state index < -0.39 is 0 Å². The molecule has 3 heteroatoms. The molecule has 76 valence electrons. The van der Waals surface area contributed by atoms with Crippen LogP contribution in [0, 0.1) is 0 Å². The highest BCUT2D eigenvalue weighted by Gasteiger charge is 2.19. The van der Waals surface area contributed by atoms with Crippen LogP contribution in [0.25, 0.3) is 0 Å². The molecule has 0 saturated carbocycles. The smallest absolute Gasteiger partial charge is 0.0679 e. The zero-order valence-corrected chi connectivity index (χ0v) is 9.57. The van der Waals surface area contributed by atoms with Gasteiger partial charge in [-0.1, -0.05) is 28.1 Å². The molecule has 2 rings (SSSR count). The highest BCUT2D eigenvalue weighted by molar-refractivity contribution is 9.10. The molecule has 0 aliphatic carbocycles. The molecule has 1 aliphatic rings. The minimum absolute atomic E-state index is 0.123. The van der Waals surface area contributed by atoms with E-state index in [1.165, 1.54) is 5.56 Å². The van der Waals surface area contributed by atoms with Gasteiger partial charge in [0.1, 0.15) is 0 Å².